The largest absolute Gasteiger partial charge is 0.436 e. The Bertz CT molecular complexity index is 1420. The number of nitro benzene ring substituents is 1. The summed E-state index contributed by atoms with van der Waals surface area (Å²) in [7, 11) is 0. The van der Waals surface area contributed by atoms with Crippen LogP contribution in [-0.4, -0.2) is 42.1 Å². The molecular weight excluding hydrogens is 460 g/mol. The Morgan fingerprint density at radius 3 is 2.50 bits per heavy atom. The van der Waals surface area contributed by atoms with Crippen LogP contribution >= 0.6 is 0 Å². The van der Waals surface area contributed by atoms with Crippen LogP contribution in [0.2, 0.25) is 0 Å². The first-order chi connectivity index (χ1) is 17.4. The molecule has 184 valence electrons. The molecule has 0 atom stereocenters. The number of nitrogens with zero attached hydrogens (tertiary/aromatic N) is 3. The molecule has 0 unspecified atom stereocenters. The number of hydrogen-bond acceptors (Lipinski definition) is 7. The number of carbonyl (C=O) groups is 1. The maximum absolute atomic E-state index is 12.8. The van der Waals surface area contributed by atoms with E-state index in [0.717, 1.165) is 11.1 Å². The molecule has 1 aliphatic rings. The highest BCUT2D eigenvalue weighted by atomic mass is 16.6. The molecule has 1 aliphatic heterocycles. The summed E-state index contributed by atoms with van der Waals surface area (Å²) in [5.74, 6) is 0.468. The minimum absolute atomic E-state index is 0.100. The zero-order chi connectivity index (χ0) is 25.2. The third-order valence-electron chi connectivity index (χ3n) is 6.25. The fraction of sp³-hybridized carbons (Fsp3) is 0.259. The van der Waals surface area contributed by atoms with Gasteiger partial charge < -0.3 is 19.4 Å². The van der Waals surface area contributed by atoms with Gasteiger partial charge in [-0.25, -0.2) is 4.98 Å². The molecule has 9 heteroatoms. The molecule has 1 N–H and O–H groups in total. The van der Waals surface area contributed by atoms with E-state index in [1.165, 1.54) is 11.6 Å². The SMILES string of the molecule is CC(C)c1ccc2oc(-c3ccc(NC(=O)c4ccc(N5CCOCC5)c([N+](=O)[O-])c4)cc3)nc2c1. The number of fused-ring (bicyclic) bond motifs is 1. The van der Waals surface area contributed by atoms with E-state index in [0.29, 0.717) is 55.1 Å². The summed E-state index contributed by atoms with van der Waals surface area (Å²) in [6.45, 7) is 6.42. The maximum atomic E-state index is 12.8. The summed E-state index contributed by atoms with van der Waals surface area (Å²) in [5, 5.41) is 14.5. The van der Waals surface area contributed by atoms with Gasteiger partial charge in [0.2, 0.25) is 5.89 Å². The summed E-state index contributed by atoms with van der Waals surface area (Å²) in [6, 6.07) is 17.7. The molecule has 3 aromatic carbocycles. The molecule has 1 saturated heterocycles. The van der Waals surface area contributed by atoms with Crippen molar-refractivity contribution in [1.29, 1.82) is 0 Å². The van der Waals surface area contributed by atoms with Gasteiger partial charge in [-0.05, 0) is 60.0 Å². The molecule has 4 aromatic rings. The van der Waals surface area contributed by atoms with Gasteiger partial charge in [0.05, 0.1) is 18.1 Å². The number of nitrogens with one attached hydrogen (secondary N) is 1. The van der Waals surface area contributed by atoms with Crippen molar-refractivity contribution in [2.45, 2.75) is 19.8 Å². The Morgan fingerprint density at radius 1 is 1.06 bits per heavy atom. The molecule has 0 spiro atoms. The van der Waals surface area contributed by atoms with Gasteiger partial charge in [0.25, 0.3) is 11.6 Å². The quantitative estimate of drug-likeness (QED) is 0.278. The second kappa shape index (κ2) is 9.79. The molecule has 5 rings (SSSR count). The van der Waals surface area contributed by atoms with Gasteiger partial charge in [0.15, 0.2) is 5.58 Å². The molecule has 0 radical (unpaired) electrons. The molecule has 2 heterocycles. The van der Waals surface area contributed by atoms with Crippen molar-refractivity contribution in [2.24, 2.45) is 0 Å². The highest BCUT2D eigenvalue weighted by Gasteiger charge is 2.23. The maximum Gasteiger partial charge on any atom is 0.293 e. The van der Waals surface area contributed by atoms with Crippen molar-refractivity contribution in [1.82, 2.24) is 4.98 Å². The minimum Gasteiger partial charge on any atom is -0.436 e. The number of ether oxygens (including phenoxy) is 1. The molecule has 0 bridgehead atoms. The highest BCUT2D eigenvalue weighted by molar-refractivity contribution is 6.05. The van der Waals surface area contributed by atoms with E-state index in [-0.39, 0.29) is 11.3 Å². The average Bonchev–Trinajstić information content (AvgIpc) is 3.32. The number of amides is 1. The Morgan fingerprint density at radius 2 is 1.81 bits per heavy atom. The summed E-state index contributed by atoms with van der Waals surface area (Å²) in [6.07, 6.45) is 0. The van der Waals surface area contributed by atoms with Crippen LogP contribution in [0.3, 0.4) is 0 Å². The Kier molecular flexibility index (Phi) is 6.39. The lowest BCUT2D eigenvalue weighted by molar-refractivity contribution is -0.384. The molecule has 1 amide bonds. The van der Waals surface area contributed by atoms with Crippen molar-refractivity contribution >= 4 is 34.1 Å². The van der Waals surface area contributed by atoms with Crippen LogP contribution in [-0.2, 0) is 4.74 Å². The van der Waals surface area contributed by atoms with Crippen LogP contribution in [0, 0.1) is 10.1 Å². The lowest BCUT2D eigenvalue weighted by atomic mass is 10.0. The molecular formula is C27H26N4O5. The van der Waals surface area contributed by atoms with E-state index in [2.05, 4.69) is 24.1 Å². The zero-order valence-corrected chi connectivity index (χ0v) is 20.1. The van der Waals surface area contributed by atoms with Crippen LogP contribution in [0.4, 0.5) is 17.1 Å². The van der Waals surface area contributed by atoms with Crippen LogP contribution in [0.1, 0.15) is 35.7 Å². The summed E-state index contributed by atoms with van der Waals surface area (Å²) in [5.41, 5.74) is 4.65. The Hall–Kier alpha value is -4.24. The summed E-state index contributed by atoms with van der Waals surface area (Å²) >= 11 is 0. The molecule has 36 heavy (non-hydrogen) atoms. The smallest absolute Gasteiger partial charge is 0.293 e. The summed E-state index contributed by atoms with van der Waals surface area (Å²) in [4.78, 5) is 30.6. The van der Waals surface area contributed by atoms with Crippen molar-refractivity contribution in [3.05, 3.63) is 81.9 Å². The van der Waals surface area contributed by atoms with E-state index in [1.54, 1.807) is 24.3 Å². The standard InChI is InChI=1S/C27H26N4O5/c1-17(2)19-6-10-25-22(15-19)29-27(36-25)18-3-7-21(8-4-18)28-26(32)20-5-9-23(24(16-20)31(33)34)30-11-13-35-14-12-30/h3-10,15-17H,11-14H2,1-2H3,(H,28,32). The van der Waals surface area contributed by atoms with Gasteiger partial charge in [-0.1, -0.05) is 19.9 Å². The molecule has 1 fully saturated rings. The number of nitro groups is 1. The molecule has 0 saturated carbocycles. The average molecular weight is 487 g/mol. The third kappa shape index (κ3) is 4.78. The second-order valence-corrected chi connectivity index (χ2v) is 8.99. The first kappa shape index (κ1) is 23.5. The minimum atomic E-state index is -0.458. The number of carbonyl (C=O) groups excluding carboxylic acids is 1. The van der Waals surface area contributed by atoms with Crippen molar-refractivity contribution in [3.8, 4) is 11.5 Å². The number of oxazole rings is 1. The fourth-order valence-electron chi connectivity index (χ4n) is 4.21. The number of aromatic nitrogens is 1. The zero-order valence-electron chi connectivity index (χ0n) is 20.1. The van der Waals surface area contributed by atoms with Crippen LogP contribution in [0.5, 0.6) is 0 Å². The van der Waals surface area contributed by atoms with Crippen LogP contribution in [0.25, 0.3) is 22.6 Å². The number of anilines is 2. The number of rotatable bonds is 6. The van der Waals surface area contributed by atoms with Gasteiger partial charge in [0.1, 0.15) is 11.2 Å². The van der Waals surface area contributed by atoms with Crippen molar-refractivity contribution < 1.29 is 18.9 Å². The van der Waals surface area contributed by atoms with Gasteiger partial charge in [-0.3, -0.25) is 14.9 Å². The van der Waals surface area contributed by atoms with E-state index >= 15 is 0 Å². The second-order valence-electron chi connectivity index (χ2n) is 8.99. The molecule has 9 nitrogen and oxygen atoms in total. The lowest BCUT2D eigenvalue weighted by Gasteiger charge is -2.28. The Balaban J connectivity index is 1.32. The monoisotopic (exact) mass is 486 g/mol. The van der Waals surface area contributed by atoms with Crippen molar-refractivity contribution in [2.75, 3.05) is 36.5 Å². The first-order valence-electron chi connectivity index (χ1n) is 11.8. The number of benzene rings is 3. The summed E-state index contributed by atoms with van der Waals surface area (Å²) < 4.78 is 11.2. The van der Waals surface area contributed by atoms with Gasteiger partial charge in [-0.15, -0.1) is 0 Å². The van der Waals surface area contributed by atoms with E-state index < -0.39 is 10.8 Å². The molecule has 0 aliphatic carbocycles. The van der Waals surface area contributed by atoms with E-state index in [4.69, 9.17) is 9.15 Å². The third-order valence-corrected chi connectivity index (χ3v) is 6.25. The predicted molar refractivity (Wildman–Crippen MR) is 138 cm³/mol. The predicted octanol–water partition coefficient (Wildman–Crippen LogP) is 5.62. The van der Waals surface area contributed by atoms with Gasteiger partial charge in [-0.2, -0.15) is 0 Å². The molecule has 1 aromatic heterocycles. The topological polar surface area (TPSA) is 111 Å². The van der Waals surface area contributed by atoms with E-state index in [9.17, 15) is 14.9 Å². The lowest BCUT2D eigenvalue weighted by Crippen LogP contribution is -2.36. The number of morpholine rings is 1. The number of hydrogen-bond donors (Lipinski definition) is 1. The normalized spacial score (nSPS) is 13.8. The van der Waals surface area contributed by atoms with Crippen LogP contribution < -0.4 is 10.2 Å². The fourth-order valence-corrected chi connectivity index (χ4v) is 4.21. The van der Waals surface area contributed by atoms with E-state index in [1.807, 2.05) is 35.2 Å². The van der Waals surface area contributed by atoms with Crippen LogP contribution in [0.15, 0.2) is 65.1 Å². The first-order valence-corrected chi connectivity index (χ1v) is 11.8. The van der Waals surface area contributed by atoms with Gasteiger partial charge in [0, 0.05) is 36.0 Å². The van der Waals surface area contributed by atoms with Crippen molar-refractivity contribution in [3.63, 3.8) is 0 Å². The highest BCUT2D eigenvalue weighted by Crippen LogP contribution is 2.31. The Labute approximate surface area is 207 Å². The van der Waals surface area contributed by atoms with Gasteiger partial charge >= 0.3 is 0 Å².